The van der Waals surface area contributed by atoms with Gasteiger partial charge < -0.3 is 0 Å². The van der Waals surface area contributed by atoms with Gasteiger partial charge in [0.1, 0.15) is 5.69 Å². The normalized spacial score (nSPS) is 10.4. The fourth-order valence-corrected chi connectivity index (χ4v) is 4.69. The number of halogens is 2. The molecule has 4 nitrogen and oxygen atoms in total. The summed E-state index contributed by atoms with van der Waals surface area (Å²) in [4.78, 5) is 27.1. The number of carbonyl (C=O) groups is 2. The average molecular weight is 410 g/mol. The molecule has 2 rings (SSSR count). The maximum Gasteiger partial charge on any atom is 0.259 e. The first-order chi connectivity index (χ1) is 8.47. The minimum Gasteiger partial charge on any atom is -0.298 e. The average Bonchev–Trinajstić information content (AvgIpc) is 2.85. The largest absolute Gasteiger partial charge is 0.298 e. The summed E-state index contributed by atoms with van der Waals surface area (Å²) < 4.78 is 1.61. The molecule has 0 spiro atoms. The van der Waals surface area contributed by atoms with Crippen molar-refractivity contribution in [3.05, 3.63) is 30.3 Å². The highest BCUT2D eigenvalue weighted by atomic mass is 79.9. The minimum absolute atomic E-state index is 0.119. The molecule has 0 aromatic carbocycles. The van der Waals surface area contributed by atoms with Crippen LogP contribution in [-0.2, 0) is 0 Å². The van der Waals surface area contributed by atoms with Gasteiger partial charge in [-0.15, -0.1) is 22.7 Å². The lowest BCUT2D eigenvalue weighted by Gasteiger charge is -1.99. The van der Waals surface area contributed by atoms with Gasteiger partial charge in [-0.3, -0.25) is 14.9 Å². The molecule has 94 valence electrons. The Morgan fingerprint density at radius 3 is 2.61 bits per heavy atom. The van der Waals surface area contributed by atoms with E-state index in [1.807, 2.05) is 0 Å². The van der Waals surface area contributed by atoms with E-state index in [0.717, 1.165) is 7.57 Å². The molecule has 0 atom stereocenters. The Kier molecular flexibility index (Phi) is 4.31. The second-order valence-electron chi connectivity index (χ2n) is 3.29. The number of thiazole rings is 1. The molecule has 0 aliphatic rings. The zero-order chi connectivity index (χ0) is 13.3. The van der Waals surface area contributed by atoms with Crippen LogP contribution in [0.25, 0.3) is 0 Å². The highest BCUT2D eigenvalue weighted by Gasteiger charge is 2.15. The van der Waals surface area contributed by atoms with E-state index in [-0.39, 0.29) is 11.7 Å². The first-order valence-corrected chi connectivity index (χ1v) is 7.98. The van der Waals surface area contributed by atoms with Crippen molar-refractivity contribution in [1.29, 1.82) is 0 Å². The number of thiophene rings is 1. The number of rotatable bonds is 3. The smallest absolute Gasteiger partial charge is 0.259 e. The van der Waals surface area contributed by atoms with Crippen molar-refractivity contribution in [3.63, 3.8) is 0 Å². The third kappa shape index (κ3) is 3.05. The van der Waals surface area contributed by atoms with E-state index >= 15 is 0 Å². The number of ketones is 1. The lowest BCUT2D eigenvalue weighted by atomic mass is 10.3. The molecule has 0 unspecified atom stereocenters. The van der Waals surface area contributed by atoms with Crippen molar-refractivity contribution < 1.29 is 9.59 Å². The number of hydrogen-bond acceptors (Lipinski definition) is 5. The van der Waals surface area contributed by atoms with Crippen LogP contribution < -0.4 is 5.32 Å². The monoisotopic (exact) mass is 408 g/mol. The van der Waals surface area contributed by atoms with E-state index < -0.39 is 0 Å². The number of anilines is 1. The molecule has 0 saturated heterocycles. The van der Waals surface area contributed by atoms with E-state index in [0.29, 0.717) is 16.4 Å². The number of hydrogen-bond donors (Lipinski definition) is 1. The van der Waals surface area contributed by atoms with Gasteiger partial charge in [-0.05, 0) is 37.9 Å². The van der Waals surface area contributed by atoms with Gasteiger partial charge in [-0.1, -0.05) is 0 Å². The zero-order valence-corrected chi connectivity index (χ0v) is 13.8. The maximum absolute atomic E-state index is 12.0. The van der Waals surface area contributed by atoms with Crippen LogP contribution >= 0.6 is 54.5 Å². The molecule has 8 heteroatoms. The molecule has 1 amide bonds. The number of nitrogens with zero attached hydrogens (tertiary/aromatic N) is 1. The van der Waals surface area contributed by atoms with Crippen LogP contribution in [0.1, 0.15) is 27.8 Å². The van der Waals surface area contributed by atoms with Gasteiger partial charge in [0.25, 0.3) is 5.91 Å². The van der Waals surface area contributed by atoms with Gasteiger partial charge in [0.15, 0.2) is 10.9 Å². The number of Topliss-reactive ketones (excluding diaryl/α,β-unsaturated/α-hetero) is 1. The Morgan fingerprint density at radius 1 is 1.39 bits per heavy atom. The van der Waals surface area contributed by atoms with Gasteiger partial charge in [0, 0.05) is 12.3 Å². The summed E-state index contributed by atoms with van der Waals surface area (Å²) in [7, 11) is 0. The molecule has 0 bridgehead atoms. The summed E-state index contributed by atoms with van der Waals surface area (Å²) >= 11 is 9.27. The molecule has 0 aliphatic heterocycles. The lowest BCUT2D eigenvalue weighted by molar-refractivity contribution is 0.100. The molecule has 0 fully saturated rings. The number of nitrogens with one attached hydrogen (secondary N) is 1. The Balaban J connectivity index is 2.16. The lowest BCUT2D eigenvalue weighted by Crippen LogP contribution is -2.11. The van der Waals surface area contributed by atoms with Crippen molar-refractivity contribution in [1.82, 2.24) is 4.98 Å². The molecular weight excluding hydrogens is 404 g/mol. The Morgan fingerprint density at radius 2 is 2.11 bits per heavy atom. The topological polar surface area (TPSA) is 59.1 Å². The fraction of sp³-hybridized carbons (Fsp3) is 0.100. The summed E-state index contributed by atoms with van der Waals surface area (Å²) in [5.74, 6) is -0.375. The molecule has 2 aromatic heterocycles. The van der Waals surface area contributed by atoms with Crippen LogP contribution in [0.4, 0.5) is 5.13 Å². The van der Waals surface area contributed by atoms with Gasteiger partial charge in [0.05, 0.1) is 13.1 Å². The van der Waals surface area contributed by atoms with Crippen LogP contribution in [0, 0.1) is 0 Å². The standard InChI is InChI=1S/C10H6Br2N2O2S2/c1-4(15)6-3-17-10(13-6)14-9(16)5-2-7(11)18-8(5)12/h2-3H,1H3,(H,13,14,16). The van der Waals surface area contributed by atoms with E-state index in [1.165, 1.54) is 29.6 Å². The van der Waals surface area contributed by atoms with Crippen LogP contribution in [0.2, 0.25) is 0 Å². The maximum atomic E-state index is 12.0. The second-order valence-corrected chi connectivity index (χ2v) is 7.89. The molecule has 0 radical (unpaired) electrons. The van der Waals surface area contributed by atoms with E-state index in [9.17, 15) is 9.59 Å². The second kappa shape index (κ2) is 5.60. The molecule has 2 aromatic rings. The van der Waals surface area contributed by atoms with Crippen LogP contribution in [-0.4, -0.2) is 16.7 Å². The third-order valence-electron chi connectivity index (χ3n) is 1.99. The van der Waals surface area contributed by atoms with Crippen LogP contribution in [0.3, 0.4) is 0 Å². The molecule has 2 heterocycles. The number of amides is 1. The van der Waals surface area contributed by atoms with Crippen molar-refractivity contribution in [2.24, 2.45) is 0 Å². The quantitative estimate of drug-likeness (QED) is 0.773. The van der Waals surface area contributed by atoms with Crippen molar-refractivity contribution >= 4 is 71.4 Å². The summed E-state index contributed by atoms with van der Waals surface area (Å²) in [6, 6.07) is 1.73. The SMILES string of the molecule is CC(=O)c1csc(NC(=O)c2cc(Br)sc2Br)n1. The van der Waals surface area contributed by atoms with Crippen LogP contribution in [0.15, 0.2) is 19.0 Å². The van der Waals surface area contributed by atoms with E-state index in [1.54, 1.807) is 11.4 Å². The highest BCUT2D eigenvalue weighted by Crippen LogP contribution is 2.32. The predicted molar refractivity (Wildman–Crippen MR) is 79.8 cm³/mol. The summed E-state index contributed by atoms with van der Waals surface area (Å²) in [6.07, 6.45) is 0. The third-order valence-corrected chi connectivity index (χ3v) is 5.08. The summed E-state index contributed by atoms with van der Waals surface area (Å²) in [6.45, 7) is 1.44. The fourth-order valence-electron chi connectivity index (χ4n) is 1.15. The van der Waals surface area contributed by atoms with Gasteiger partial charge in [0.2, 0.25) is 0 Å². The summed E-state index contributed by atoms with van der Waals surface area (Å²) in [5, 5.41) is 4.70. The summed E-state index contributed by atoms with van der Waals surface area (Å²) in [5.41, 5.74) is 0.896. The highest BCUT2D eigenvalue weighted by molar-refractivity contribution is 9.12. The molecule has 18 heavy (non-hydrogen) atoms. The first-order valence-electron chi connectivity index (χ1n) is 4.70. The molecule has 0 saturated carbocycles. The Labute approximate surface area is 128 Å². The Hall–Kier alpha value is -0.570. The van der Waals surface area contributed by atoms with E-state index in [2.05, 4.69) is 42.2 Å². The number of aromatic nitrogens is 1. The van der Waals surface area contributed by atoms with Gasteiger partial charge in [-0.25, -0.2) is 4.98 Å². The predicted octanol–water partition coefficient (Wildman–Crippen LogP) is 4.18. The van der Waals surface area contributed by atoms with Crippen molar-refractivity contribution in [2.75, 3.05) is 5.32 Å². The van der Waals surface area contributed by atoms with Gasteiger partial charge in [-0.2, -0.15) is 0 Å². The Bertz CT molecular complexity index is 621. The van der Waals surface area contributed by atoms with Gasteiger partial charge >= 0.3 is 0 Å². The number of carbonyl (C=O) groups excluding carboxylic acids is 2. The van der Waals surface area contributed by atoms with E-state index in [4.69, 9.17) is 0 Å². The molecule has 0 aliphatic carbocycles. The zero-order valence-electron chi connectivity index (χ0n) is 8.99. The minimum atomic E-state index is -0.256. The van der Waals surface area contributed by atoms with Crippen molar-refractivity contribution in [3.8, 4) is 0 Å². The first kappa shape index (κ1) is 13.9. The van der Waals surface area contributed by atoms with Crippen molar-refractivity contribution in [2.45, 2.75) is 6.92 Å². The molecule has 1 N–H and O–H groups in total. The van der Waals surface area contributed by atoms with Crippen LogP contribution in [0.5, 0.6) is 0 Å². The molecular formula is C10H6Br2N2O2S2.